The van der Waals surface area contributed by atoms with Crippen LogP contribution in [0, 0.1) is 0 Å². The van der Waals surface area contributed by atoms with E-state index in [0.29, 0.717) is 27.5 Å². The van der Waals surface area contributed by atoms with Crippen LogP contribution in [0.25, 0.3) is 21.9 Å². The van der Waals surface area contributed by atoms with Gasteiger partial charge in [-0.05, 0) is 56.2 Å². The second kappa shape index (κ2) is 7.76. The zero-order valence-corrected chi connectivity index (χ0v) is 16.8. The maximum absolute atomic E-state index is 13.0. The molecule has 2 aromatic carbocycles. The van der Waals surface area contributed by atoms with Crippen molar-refractivity contribution >= 4 is 51.4 Å². The van der Waals surface area contributed by atoms with Crippen LogP contribution in [0.3, 0.4) is 0 Å². The average molecular weight is 389 g/mol. The van der Waals surface area contributed by atoms with Crippen molar-refractivity contribution in [2.45, 2.75) is 36.2 Å². The molecule has 3 rings (SSSR count). The molecule has 1 unspecified atom stereocenters. The summed E-state index contributed by atoms with van der Waals surface area (Å²) in [5.41, 5.74) is 1.28. The molecule has 0 aliphatic rings. The lowest BCUT2D eigenvalue weighted by Crippen LogP contribution is -2.14. The fourth-order valence-electron chi connectivity index (χ4n) is 2.63. The van der Waals surface area contributed by atoms with Gasteiger partial charge in [0.25, 0.3) is 0 Å². The van der Waals surface area contributed by atoms with Gasteiger partial charge >= 0.3 is 5.97 Å². The summed E-state index contributed by atoms with van der Waals surface area (Å²) in [6.07, 6.45) is 4.49. The average Bonchev–Trinajstić information content (AvgIpc) is 2.67. The van der Waals surface area contributed by atoms with E-state index in [4.69, 9.17) is 9.15 Å². The summed E-state index contributed by atoms with van der Waals surface area (Å²) >= 11 is 3.12. The van der Waals surface area contributed by atoms with Crippen molar-refractivity contribution in [1.29, 1.82) is 0 Å². The van der Waals surface area contributed by atoms with Crippen LogP contribution < -0.4 is 5.43 Å². The van der Waals surface area contributed by atoms with E-state index in [0.717, 1.165) is 16.2 Å². The van der Waals surface area contributed by atoms with E-state index in [1.807, 2.05) is 38.5 Å². The molecule has 0 saturated heterocycles. The van der Waals surface area contributed by atoms with Crippen molar-refractivity contribution in [2.75, 3.05) is 12.5 Å². The lowest BCUT2D eigenvalue weighted by molar-refractivity contribution is 0.0334. The number of hydrogen-bond acceptors (Lipinski definition) is 6. The normalized spacial score (nSPS) is 12.5. The molecule has 136 valence electrons. The van der Waals surface area contributed by atoms with E-state index in [1.54, 1.807) is 41.7 Å². The summed E-state index contributed by atoms with van der Waals surface area (Å²) in [6.45, 7) is 3.79. The van der Waals surface area contributed by atoms with Crippen molar-refractivity contribution in [1.82, 2.24) is 0 Å². The van der Waals surface area contributed by atoms with Crippen LogP contribution in [0.4, 0.5) is 0 Å². The molecule has 26 heavy (non-hydrogen) atoms. The van der Waals surface area contributed by atoms with E-state index < -0.39 is 5.97 Å². The van der Waals surface area contributed by atoms with Gasteiger partial charge < -0.3 is 9.15 Å². The fourth-order valence-corrected chi connectivity index (χ4v) is 3.76. The number of carbonyl (C=O) groups is 1. The van der Waals surface area contributed by atoms with Crippen LogP contribution in [0.1, 0.15) is 30.6 Å². The Morgan fingerprint density at radius 3 is 2.58 bits per heavy atom. The molecule has 0 aliphatic heterocycles. The molecule has 0 radical (unpaired) electrons. The van der Waals surface area contributed by atoms with Crippen LogP contribution in [0.5, 0.6) is 0 Å². The Hall–Kier alpha value is -1.92. The molecule has 0 aliphatic carbocycles. The van der Waals surface area contributed by atoms with Crippen LogP contribution in [0.2, 0.25) is 0 Å². The predicted molar refractivity (Wildman–Crippen MR) is 109 cm³/mol. The molecule has 0 fully saturated rings. The second-order valence-corrected chi connectivity index (χ2v) is 7.70. The zero-order valence-electron chi connectivity index (χ0n) is 15.1. The number of carbonyl (C=O) groups excluding carboxylic acids is 1. The third kappa shape index (κ3) is 3.48. The Morgan fingerprint density at radius 2 is 1.92 bits per heavy atom. The van der Waals surface area contributed by atoms with Crippen molar-refractivity contribution < 1.29 is 13.9 Å². The molecule has 6 heteroatoms. The quantitative estimate of drug-likeness (QED) is 0.334. The number of benzene rings is 2. The Bertz CT molecular complexity index is 1040. The smallest absolute Gasteiger partial charge is 0.338 e. The first kappa shape index (κ1) is 18.9. The number of esters is 1. The van der Waals surface area contributed by atoms with Gasteiger partial charge in [0.15, 0.2) is 5.58 Å². The third-order valence-electron chi connectivity index (χ3n) is 4.28. The number of hydrogen-bond donors (Lipinski definition) is 0. The minimum atomic E-state index is -0.427. The van der Waals surface area contributed by atoms with Gasteiger partial charge in [-0.1, -0.05) is 6.92 Å². The highest BCUT2D eigenvalue weighted by molar-refractivity contribution is 7.99. The first-order chi connectivity index (χ1) is 12.5. The molecular weight excluding hydrogens is 368 g/mol. The summed E-state index contributed by atoms with van der Waals surface area (Å²) < 4.78 is 11.4. The first-order valence-electron chi connectivity index (χ1n) is 8.32. The van der Waals surface area contributed by atoms with Crippen LogP contribution in [-0.4, -0.2) is 24.6 Å². The van der Waals surface area contributed by atoms with Crippen molar-refractivity contribution in [3.8, 4) is 0 Å². The predicted octanol–water partition coefficient (Wildman–Crippen LogP) is 5.35. The standard InChI is InChI=1S/C20H20O4S2/c1-5-11(2)23-20(22)12-6-7-16-14(8-12)18(21)15-9-13(25-3)10-17(26-4)19(15)24-16/h6-11H,5H2,1-4H3. The van der Waals surface area contributed by atoms with Gasteiger partial charge in [-0.15, -0.1) is 23.5 Å². The van der Waals surface area contributed by atoms with Crippen molar-refractivity contribution in [3.05, 3.63) is 46.1 Å². The molecule has 0 saturated carbocycles. The molecule has 1 aromatic heterocycles. The van der Waals surface area contributed by atoms with Crippen LogP contribution in [-0.2, 0) is 4.74 Å². The van der Waals surface area contributed by atoms with Gasteiger partial charge in [-0.2, -0.15) is 0 Å². The number of thioether (sulfide) groups is 2. The van der Waals surface area contributed by atoms with Gasteiger partial charge in [0.2, 0.25) is 5.43 Å². The van der Waals surface area contributed by atoms with Crippen LogP contribution in [0.15, 0.2) is 49.3 Å². The van der Waals surface area contributed by atoms with E-state index in [1.165, 1.54) is 0 Å². The summed E-state index contributed by atoms with van der Waals surface area (Å²) in [4.78, 5) is 27.2. The van der Waals surface area contributed by atoms with Gasteiger partial charge in [-0.25, -0.2) is 4.79 Å². The Kier molecular flexibility index (Phi) is 5.63. The topological polar surface area (TPSA) is 56.5 Å². The maximum Gasteiger partial charge on any atom is 0.338 e. The van der Waals surface area contributed by atoms with Gasteiger partial charge in [0.1, 0.15) is 5.58 Å². The molecular formula is C20H20O4S2. The van der Waals surface area contributed by atoms with E-state index >= 15 is 0 Å². The number of rotatable bonds is 5. The molecule has 4 nitrogen and oxygen atoms in total. The van der Waals surface area contributed by atoms with Gasteiger partial charge in [0.05, 0.1) is 27.3 Å². The zero-order chi connectivity index (χ0) is 18.8. The van der Waals surface area contributed by atoms with E-state index in [9.17, 15) is 9.59 Å². The molecule has 0 spiro atoms. The summed E-state index contributed by atoms with van der Waals surface area (Å²) in [6, 6.07) is 8.72. The van der Waals surface area contributed by atoms with Gasteiger partial charge in [-0.3, -0.25) is 4.79 Å². The summed E-state index contributed by atoms with van der Waals surface area (Å²) in [7, 11) is 0. The van der Waals surface area contributed by atoms with Crippen LogP contribution >= 0.6 is 23.5 Å². The maximum atomic E-state index is 13.0. The molecule has 1 atom stereocenters. The summed E-state index contributed by atoms with van der Waals surface area (Å²) in [5.74, 6) is -0.427. The van der Waals surface area contributed by atoms with Crippen molar-refractivity contribution in [2.24, 2.45) is 0 Å². The first-order valence-corrected chi connectivity index (χ1v) is 10.8. The highest BCUT2D eigenvalue weighted by Crippen LogP contribution is 2.32. The minimum Gasteiger partial charge on any atom is -0.459 e. The Balaban J connectivity index is 2.21. The molecule has 1 heterocycles. The minimum absolute atomic E-state index is 0.134. The molecule has 3 aromatic rings. The van der Waals surface area contributed by atoms with E-state index in [-0.39, 0.29) is 11.5 Å². The Morgan fingerprint density at radius 1 is 1.15 bits per heavy atom. The molecule has 0 amide bonds. The van der Waals surface area contributed by atoms with E-state index in [2.05, 4.69) is 0 Å². The lowest BCUT2D eigenvalue weighted by Gasteiger charge is -2.11. The highest BCUT2D eigenvalue weighted by atomic mass is 32.2. The molecule has 0 N–H and O–H groups in total. The Labute approximate surface area is 160 Å². The second-order valence-electron chi connectivity index (χ2n) is 5.97. The largest absolute Gasteiger partial charge is 0.459 e. The number of ether oxygens (including phenoxy) is 1. The van der Waals surface area contributed by atoms with Gasteiger partial charge in [0, 0.05) is 4.90 Å². The highest BCUT2D eigenvalue weighted by Gasteiger charge is 2.16. The number of fused-ring (bicyclic) bond motifs is 2. The summed E-state index contributed by atoms with van der Waals surface area (Å²) in [5, 5.41) is 0.919. The molecule has 0 bridgehead atoms. The third-order valence-corrected chi connectivity index (χ3v) is 5.73. The SMILES string of the molecule is CCC(C)OC(=O)c1ccc2oc3c(SC)cc(SC)cc3c(=O)c2c1. The fraction of sp³-hybridized carbons (Fsp3) is 0.300. The van der Waals surface area contributed by atoms with Crippen molar-refractivity contribution in [3.63, 3.8) is 0 Å². The monoisotopic (exact) mass is 388 g/mol. The lowest BCUT2D eigenvalue weighted by atomic mass is 10.1.